The van der Waals surface area contributed by atoms with Crippen molar-refractivity contribution in [3.05, 3.63) is 123 Å². The highest BCUT2D eigenvalue weighted by molar-refractivity contribution is 7.80. The molecule has 0 fully saturated rings. The second-order valence-corrected chi connectivity index (χ2v) is 11.3. The molecule has 4 aromatic carbocycles. The number of hydrogen-bond acceptors (Lipinski definition) is 1. The van der Waals surface area contributed by atoms with Crippen LogP contribution in [0.5, 0.6) is 0 Å². The highest BCUT2D eigenvalue weighted by atomic mass is 31.1. The molecule has 0 aliphatic heterocycles. The van der Waals surface area contributed by atoms with Gasteiger partial charge in [-0.3, -0.25) is 0 Å². The Kier molecular flexibility index (Phi) is 6.21. The Bertz CT molecular complexity index is 1560. The van der Waals surface area contributed by atoms with Gasteiger partial charge in [0.15, 0.2) is 0 Å². The molecule has 1 nitrogen and oxygen atoms in total. The molecule has 0 N–H and O–H groups in total. The molecule has 4 aromatic rings. The first-order chi connectivity index (χ1) is 17.3. The van der Waals surface area contributed by atoms with Crippen molar-refractivity contribution in [1.29, 1.82) is 0 Å². The van der Waals surface area contributed by atoms with Gasteiger partial charge in [-0.1, -0.05) is 115 Å². The highest BCUT2D eigenvalue weighted by Gasteiger charge is 2.27. The second kappa shape index (κ2) is 9.78. The summed E-state index contributed by atoms with van der Waals surface area (Å²) in [4.78, 5) is 0. The Morgan fingerprint density at radius 1 is 0.657 bits per heavy atom. The molecule has 0 saturated carbocycles. The predicted molar refractivity (Wildman–Crippen MR) is 151 cm³/mol. The fraction of sp³-hybridized carbons (Fsp3) is 0.152. The van der Waals surface area contributed by atoms with E-state index < -0.39 is 7.92 Å². The first-order valence-electron chi connectivity index (χ1n) is 12.4. The maximum Gasteiger partial charge on any atom is 0.0868 e. The van der Waals surface area contributed by atoms with Gasteiger partial charge in [0.1, 0.15) is 0 Å². The van der Waals surface area contributed by atoms with Gasteiger partial charge in [0, 0.05) is 7.11 Å². The number of benzene rings is 4. The van der Waals surface area contributed by atoms with Crippen LogP contribution in [0.15, 0.2) is 97.1 Å². The van der Waals surface area contributed by atoms with Crippen molar-refractivity contribution in [3.63, 3.8) is 0 Å². The van der Waals surface area contributed by atoms with Gasteiger partial charge in [-0.05, 0) is 75.1 Å². The van der Waals surface area contributed by atoms with Crippen molar-refractivity contribution in [3.8, 4) is 0 Å². The zero-order valence-corrected chi connectivity index (χ0v) is 20.9. The van der Waals surface area contributed by atoms with Crippen LogP contribution in [0.4, 0.5) is 0 Å². The standard InChI is InChI=1S/C33H29OP/c1-34-30-22-20-24-12-8-10-18-28(24)32(30)33-29-19-11-9-13-25(29)21-23-31(33)35(26-14-4-2-5-15-26)27-16-6-3-7-17-27/h2-8,10,12-21,23,30H,9,11,22H2,1H3. The van der Waals surface area contributed by atoms with E-state index >= 15 is 0 Å². The molecule has 0 aromatic heterocycles. The molecule has 0 spiro atoms. The molecule has 2 aliphatic carbocycles. The Balaban J connectivity index is 1.76. The Labute approximate surface area is 208 Å². The lowest BCUT2D eigenvalue weighted by Crippen LogP contribution is -2.44. The SMILES string of the molecule is COC1CC=c2ccccc2=C1c1c(P(c2ccccc2)c2ccccc2)ccc2c1=CCCC=2. The molecule has 0 radical (unpaired) electrons. The number of hydrogen-bond donors (Lipinski definition) is 0. The molecule has 0 heterocycles. The molecule has 35 heavy (non-hydrogen) atoms. The largest absolute Gasteiger partial charge is 0.376 e. The molecular weight excluding hydrogens is 443 g/mol. The van der Waals surface area contributed by atoms with E-state index in [1.165, 1.54) is 47.9 Å². The topological polar surface area (TPSA) is 9.23 Å². The Morgan fingerprint density at radius 2 is 1.31 bits per heavy atom. The van der Waals surface area contributed by atoms with Crippen LogP contribution in [0.25, 0.3) is 23.8 Å². The molecule has 0 bridgehead atoms. The zero-order chi connectivity index (χ0) is 23.6. The summed E-state index contributed by atoms with van der Waals surface area (Å²) >= 11 is 0. The average Bonchev–Trinajstić information content (AvgIpc) is 2.94. The van der Waals surface area contributed by atoms with Gasteiger partial charge >= 0.3 is 0 Å². The zero-order valence-electron chi connectivity index (χ0n) is 20.0. The van der Waals surface area contributed by atoms with Crippen molar-refractivity contribution in [2.24, 2.45) is 0 Å². The number of rotatable bonds is 5. The smallest absolute Gasteiger partial charge is 0.0868 e. The second-order valence-electron chi connectivity index (χ2n) is 9.12. The van der Waals surface area contributed by atoms with Crippen LogP contribution in [0.3, 0.4) is 0 Å². The summed E-state index contributed by atoms with van der Waals surface area (Å²) in [5.41, 5.74) is 2.72. The normalized spacial score (nSPS) is 16.5. The van der Waals surface area contributed by atoms with Gasteiger partial charge in [-0.15, -0.1) is 0 Å². The Morgan fingerprint density at radius 3 is 2.03 bits per heavy atom. The van der Waals surface area contributed by atoms with Crippen molar-refractivity contribution in [2.45, 2.75) is 25.4 Å². The summed E-state index contributed by atoms with van der Waals surface area (Å²) in [6.45, 7) is 0. The maximum atomic E-state index is 6.17. The fourth-order valence-electron chi connectivity index (χ4n) is 5.49. The fourth-order valence-corrected chi connectivity index (χ4v) is 7.98. The summed E-state index contributed by atoms with van der Waals surface area (Å²) in [6.07, 6.45) is 10.3. The summed E-state index contributed by atoms with van der Waals surface area (Å²) < 4.78 is 6.17. The van der Waals surface area contributed by atoms with Crippen LogP contribution < -0.4 is 36.8 Å². The third-order valence-electron chi connectivity index (χ3n) is 7.08. The van der Waals surface area contributed by atoms with Crippen LogP contribution >= 0.6 is 7.92 Å². The monoisotopic (exact) mass is 472 g/mol. The summed E-state index contributed by atoms with van der Waals surface area (Å²) in [5, 5.41) is 9.50. The van der Waals surface area contributed by atoms with E-state index in [1.54, 1.807) is 0 Å². The number of fused-ring (bicyclic) bond motifs is 2. The number of ether oxygens (including phenoxy) is 1. The predicted octanol–water partition coefficient (Wildman–Crippen LogP) is 3.20. The van der Waals surface area contributed by atoms with Crippen molar-refractivity contribution >= 4 is 47.6 Å². The number of methoxy groups -OCH3 is 1. The molecular formula is C33H29OP. The third kappa shape index (κ3) is 4.10. The van der Waals surface area contributed by atoms with Gasteiger partial charge in [-0.2, -0.15) is 0 Å². The van der Waals surface area contributed by atoms with Gasteiger partial charge in [0.25, 0.3) is 0 Å². The van der Waals surface area contributed by atoms with E-state index in [1.807, 2.05) is 7.11 Å². The highest BCUT2D eigenvalue weighted by Crippen LogP contribution is 2.35. The van der Waals surface area contributed by atoms with Gasteiger partial charge in [0.05, 0.1) is 6.10 Å². The van der Waals surface area contributed by atoms with Gasteiger partial charge in [0.2, 0.25) is 0 Å². The molecule has 2 heteroatoms. The molecule has 0 amide bonds. The first kappa shape index (κ1) is 22.2. The van der Waals surface area contributed by atoms with Gasteiger partial charge < -0.3 is 4.74 Å². The minimum atomic E-state index is -0.741. The molecule has 2 aliphatic rings. The van der Waals surface area contributed by atoms with Crippen LogP contribution in [0.1, 0.15) is 24.8 Å². The third-order valence-corrected chi connectivity index (χ3v) is 9.57. The van der Waals surface area contributed by atoms with E-state index in [0.717, 1.165) is 19.3 Å². The Hall–Kier alpha value is -3.25. The molecule has 6 rings (SSSR count). The van der Waals surface area contributed by atoms with Crippen LogP contribution in [-0.4, -0.2) is 13.2 Å². The maximum absolute atomic E-state index is 6.17. The molecule has 172 valence electrons. The van der Waals surface area contributed by atoms with Gasteiger partial charge in [-0.25, -0.2) is 0 Å². The quantitative estimate of drug-likeness (QED) is 0.406. The lowest BCUT2D eigenvalue weighted by atomic mass is 9.88. The molecule has 1 atom stereocenters. The van der Waals surface area contributed by atoms with Crippen molar-refractivity contribution < 1.29 is 4.74 Å². The summed E-state index contributed by atoms with van der Waals surface area (Å²) in [7, 11) is 1.12. The lowest BCUT2D eigenvalue weighted by molar-refractivity contribution is 0.152. The van der Waals surface area contributed by atoms with E-state index in [-0.39, 0.29) is 6.10 Å². The van der Waals surface area contributed by atoms with Crippen LogP contribution in [-0.2, 0) is 4.74 Å². The molecule has 1 unspecified atom stereocenters. The van der Waals surface area contributed by atoms with Crippen LogP contribution in [0.2, 0.25) is 0 Å². The van der Waals surface area contributed by atoms with E-state index in [9.17, 15) is 0 Å². The minimum absolute atomic E-state index is 0.0360. The van der Waals surface area contributed by atoms with Crippen molar-refractivity contribution in [2.75, 3.05) is 7.11 Å². The van der Waals surface area contributed by atoms with E-state index in [4.69, 9.17) is 4.74 Å². The van der Waals surface area contributed by atoms with E-state index in [2.05, 4.69) is 115 Å². The van der Waals surface area contributed by atoms with Crippen LogP contribution in [0, 0.1) is 0 Å². The summed E-state index contributed by atoms with van der Waals surface area (Å²) in [5.74, 6) is 0. The average molecular weight is 473 g/mol. The van der Waals surface area contributed by atoms with Crippen molar-refractivity contribution in [1.82, 2.24) is 0 Å². The minimum Gasteiger partial charge on any atom is -0.376 e. The first-order valence-corrected chi connectivity index (χ1v) is 13.8. The lowest BCUT2D eigenvalue weighted by Gasteiger charge is -2.28. The summed E-state index contributed by atoms with van der Waals surface area (Å²) in [6, 6.07) is 35.6. The molecule has 0 saturated heterocycles. The van der Waals surface area contributed by atoms with E-state index in [0.29, 0.717) is 0 Å².